The van der Waals surface area contributed by atoms with Gasteiger partial charge in [0, 0.05) is 30.4 Å². The molecule has 1 aliphatic carbocycles. The first kappa shape index (κ1) is 25.8. The molecule has 1 N–H and O–H groups in total. The summed E-state index contributed by atoms with van der Waals surface area (Å²) in [5, 5.41) is 3.85. The van der Waals surface area contributed by atoms with E-state index in [-0.39, 0.29) is 6.04 Å². The summed E-state index contributed by atoms with van der Waals surface area (Å²) in [5.41, 5.74) is 5.95. The molecule has 2 unspecified atom stereocenters. The number of nitrogens with zero attached hydrogens (tertiary/aromatic N) is 2. The lowest BCUT2D eigenvalue weighted by atomic mass is 9.88. The van der Waals surface area contributed by atoms with Gasteiger partial charge in [-0.2, -0.15) is 0 Å². The van der Waals surface area contributed by atoms with Crippen LogP contribution in [0.25, 0.3) is 11.3 Å². The van der Waals surface area contributed by atoms with Gasteiger partial charge in [-0.25, -0.2) is 4.98 Å². The average molecular weight is 484 g/mol. The molecule has 36 heavy (non-hydrogen) atoms. The molecule has 1 aromatic heterocycles. The van der Waals surface area contributed by atoms with E-state index in [0.29, 0.717) is 5.92 Å². The van der Waals surface area contributed by atoms with Gasteiger partial charge in [-0.15, -0.1) is 0 Å². The van der Waals surface area contributed by atoms with Crippen LogP contribution in [0.15, 0.2) is 78.5 Å². The lowest BCUT2D eigenvalue weighted by Crippen LogP contribution is -2.23. The van der Waals surface area contributed by atoms with Gasteiger partial charge < -0.3 is 14.6 Å². The molecule has 190 valence electrons. The van der Waals surface area contributed by atoms with E-state index in [1.54, 1.807) is 7.11 Å². The number of nitrogens with one attached hydrogen (secondary N) is 1. The van der Waals surface area contributed by atoms with Gasteiger partial charge in [0.2, 0.25) is 0 Å². The summed E-state index contributed by atoms with van der Waals surface area (Å²) < 4.78 is 7.79. The molecule has 4 nitrogen and oxygen atoms in total. The maximum atomic E-state index is 5.62. The van der Waals surface area contributed by atoms with Gasteiger partial charge in [0.15, 0.2) is 0 Å². The average Bonchev–Trinajstić information content (AvgIpc) is 3.31. The molecule has 3 aromatic rings. The van der Waals surface area contributed by atoms with E-state index in [0.717, 1.165) is 47.8 Å². The lowest BCUT2D eigenvalue weighted by molar-refractivity contribution is 0.416. The third-order valence-electron chi connectivity index (χ3n) is 7.13. The predicted octanol–water partition coefficient (Wildman–Crippen LogP) is 8.28. The molecule has 4 heteroatoms. The first-order chi connectivity index (χ1) is 17.6. The van der Waals surface area contributed by atoms with Gasteiger partial charge in [-0.3, -0.25) is 0 Å². The van der Waals surface area contributed by atoms with E-state index in [4.69, 9.17) is 9.72 Å². The Morgan fingerprint density at radius 3 is 2.47 bits per heavy atom. The van der Waals surface area contributed by atoms with E-state index in [2.05, 4.69) is 85.5 Å². The monoisotopic (exact) mass is 483 g/mol. The minimum atomic E-state index is 0.0557. The Labute approximate surface area is 217 Å². The zero-order chi connectivity index (χ0) is 25.3. The molecular weight excluding hydrogens is 442 g/mol. The molecule has 0 saturated carbocycles. The highest BCUT2D eigenvalue weighted by Crippen LogP contribution is 2.36. The van der Waals surface area contributed by atoms with Gasteiger partial charge in [-0.05, 0) is 61.9 Å². The molecule has 0 saturated heterocycles. The Bertz CT molecular complexity index is 1170. The lowest BCUT2D eigenvalue weighted by Gasteiger charge is -2.28. The number of benzene rings is 2. The summed E-state index contributed by atoms with van der Waals surface area (Å²) in [6, 6.07) is 17.1. The highest BCUT2D eigenvalue weighted by atomic mass is 16.5. The number of methoxy groups -OCH3 is 1. The number of unbranched alkanes of at least 4 members (excludes halogenated alkanes) is 2. The van der Waals surface area contributed by atoms with Gasteiger partial charge in [0.25, 0.3) is 0 Å². The largest absolute Gasteiger partial charge is 0.496 e. The van der Waals surface area contributed by atoms with Crippen LogP contribution in [0.3, 0.4) is 0 Å². The van der Waals surface area contributed by atoms with Crippen molar-refractivity contribution in [2.24, 2.45) is 13.0 Å². The number of rotatable bonds is 12. The Morgan fingerprint density at radius 2 is 1.78 bits per heavy atom. The SMILES string of the molecule is CCCCC1=CCC(C(Nc2ccc(CCCC)cc2)c2nc(-c3ccccc3OC)cn2C)C=C1. The van der Waals surface area contributed by atoms with Crippen LogP contribution in [0.1, 0.15) is 69.8 Å². The van der Waals surface area contributed by atoms with Crippen molar-refractivity contribution < 1.29 is 4.74 Å². The van der Waals surface area contributed by atoms with Gasteiger partial charge >= 0.3 is 0 Å². The summed E-state index contributed by atoms with van der Waals surface area (Å²) >= 11 is 0. The number of ether oxygens (including phenoxy) is 1. The highest BCUT2D eigenvalue weighted by Gasteiger charge is 2.27. The molecule has 0 amide bonds. The van der Waals surface area contributed by atoms with Crippen molar-refractivity contribution in [2.75, 3.05) is 12.4 Å². The van der Waals surface area contributed by atoms with E-state index in [1.165, 1.54) is 36.8 Å². The molecular formula is C32H41N3O. The summed E-state index contributed by atoms with van der Waals surface area (Å²) in [6.07, 6.45) is 17.5. The highest BCUT2D eigenvalue weighted by molar-refractivity contribution is 5.67. The second-order valence-electron chi connectivity index (χ2n) is 9.86. The predicted molar refractivity (Wildman–Crippen MR) is 151 cm³/mol. The molecule has 0 spiro atoms. The molecule has 0 bridgehead atoms. The smallest absolute Gasteiger partial charge is 0.132 e. The van der Waals surface area contributed by atoms with Gasteiger partial charge in [-0.1, -0.05) is 74.8 Å². The van der Waals surface area contributed by atoms with Crippen LogP contribution in [0.5, 0.6) is 5.75 Å². The molecule has 2 aromatic carbocycles. The molecule has 0 aliphatic heterocycles. The molecule has 1 aliphatic rings. The third-order valence-corrected chi connectivity index (χ3v) is 7.13. The first-order valence-electron chi connectivity index (χ1n) is 13.5. The van der Waals surface area contributed by atoms with Crippen molar-refractivity contribution in [1.29, 1.82) is 0 Å². The van der Waals surface area contributed by atoms with Crippen molar-refractivity contribution in [3.8, 4) is 17.0 Å². The quantitative estimate of drug-likeness (QED) is 0.282. The zero-order valence-corrected chi connectivity index (χ0v) is 22.3. The van der Waals surface area contributed by atoms with E-state index < -0.39 is 0 Å². The fraction of sp³-hybridized carbons (Fsp3) is 0.406. The molecule has 4 rings (SSSR count). The Morgan fingerprint density at radius 1 is 1.03 bits per heavy atom. The molecule has 0 fully saturated rings. The molecule has 2 atom stereocenters. The number of allylic oxidation sites excluding steroid dienone is 3. The van der Waals surface area contributed by atoms with Crippen LogP contribution in [0.2, 0.25) is 0 Å². The normalized spacial score (nSPS) is 16.0. The number of anilines is 1. The zero-order valence-electron chi connectivity index (χ0n) is 22.3. The number of hydrogen-bond donors (Lipinski definition) is 1. The van der Waals surface area contributed by atoms with Gasteiger partial charge in [0.1, 0.15) is 11.6 Å². The number of imidazole rings is 1. The second kappa shape index (κ2) is 12.6. The number of hydrogen-bond acceptors (Lipinski definition) is 3. The summed E-state index contributed by atoms with van der Waals surface area (Å²) in [7, 11) is 3.81. The van der Waals surface area contributed by atoms with E-state index in [9.17, 15) is 0 Å². The standard InChI is InChI=1S/C32H41N3O/c1-5-7-11-24-15-19-26(20-16-24)31(33-27-21-17-25(18-22-27)12-8-6-2)32-34-29(23-35(32)3)28-13-9-10-14-30(28)36-4/h9-10,13-19,21-23,26,31,33H,5-8,11-12,20H2,1-4H3. The van der Waals surface area contributed by atoms with Crippen molar-refractivity contribution in [1.82, 2.24) is 9.55 Å². The van der Waals surface area contributed by atoms with Crippen LogP contribution in [-0.4, -0.2) is 16.7 Å². The Hall–Kier alpha value is -3.27. The minimum Gasteiger partial charge on any atom is -0.496 e. The Kier molecular flexibility index (Phi) is 9.05. The van der Waals surface area contributed by atoms with Crippen LogP contribution < -0.4 is 10.1 Å². The van der Waals surface area contributed by atoms with Crippen molar-refractivity contribution in [3.63, 3.8) is 0 Å². The van der Waals surface area contributed by atoms with Crippen molar-refractivity contribution in [3.05, 3.63) is 89.9 Å². The van der Waals surface area contributed by atoms with Crippen LogP contribution in [0.4, 0.5) is 5.69 Å². The van der Waals surface area contributed by atoms with Crippen LogP contribution >= 0.6 is 0 Å². The molecule has 0 radical (unpaired) electrons. The topological polar surface area (TPSA) is 39.1 Å². The first-order valence-corrected chi connectivity index (χ1v) is 13.5. The number of aryl methyl sites for hydroxylation is 2. The minimum absolute atomic E-state index is 0.0557. The number of aromatic nitrogens is 2. The summed E-state index contributed by atoms with van der Waals surface area (Å²) in [6.45, 7) is 4.50. The third kappa shape index (κ3) is 6.29. The Balaban J connectivity index is 1.63. The fourth-order valence-corrected chi connectivity index (χ4v) is 4.94. The molecule has 1 heterocycles. The second-order valence-corrected chi connectivity index (χ2v) is 9.86. The van der Waals surface area contributed by atoms with Crippen LogP contribution in [0, 0.1) is 5.92 Å². The van der Waals surface area contributed by atoms with Crippen molar-refractivity contribution >= 4 is 5.69 Å². The maximum absolute atomic E-state index is 5.62. The van der Waals surface area contributed by atoms with Crippen LogP contribution in [-0.2, 0) is 13.5 Å². The van der Waals surface area contributed by atoms with Gasteiger partial charge in [0.05, 0.1) is 18.8 Å². The maximum Gasteiger partial charge on any atom is 0.132 e. The summed E-state index contributed by atoms with van der Waals surface area (Å²) in [5.74, 6) is 2.20. The van der Waals surface area contributed by atoms with E-state index >= 15 is 0 Å². The number of para-hydroxylation sites is 1. The van der Waals surface area contributed by atoms with Crippen molar-refractivity contribution in [2.45, 2.75) is 64.8 Å². The summed E-state index contributed by atoms with van der Waals surface area (Å²) in [4.78, 5) is 5.15. The van der Waals surface area contributed by atoms with E-state index in [1.807, 2.05) is 18.2 Å². The fourth-order valence-electron chi connectivity index (χ4n) is 4.94.